The zero-order valence-electron chi connectivity index (χ0n) is 10.9. The number of rotatable bonds is 3. The van der Waals surface area contributed by atoms with Crippen molar-refractivity contribution in [1.29, 1.82) is 0 Å². The van der Waals surface area contributed by atoms with E-state index >= 15 is 0 Å². The van der Waals surface area contributed by atoms with Gasteiger partial charge in [-0.2, -0.15) is 0 Å². The van der Waals surface area contributed by atoms with Crippen LogP contribution in [0.5, 0.6) is 0 Å². The first-order valence-corrected chi connectivity index (χ1v) is 6.94. The van der Waals surface area contributed by atoms with Crippen LogP contribution in [0.3, 0.4) is 0 Å². The highest BCUT2D eigenvalue weighted by Gasteiger charge is 2.30. The van der Waals surface area contributed by atoms with Crippen LogP contribution in [0, 0.1) is 11.6 Å². The molecule has 0 saturated heterocycles. The van der Waals surface area contributed by atoms with Gasteiger partial charge in [0.25, 0.3) is 5.91 Å². The van der Waals surface area contributed by atoms with Gasteiger partial charge >= 0.3 is 0 Å². The molecule has 1 aliphatic carbocycles. The maximum atomic E-state index is 13.6. The van der Waals surface area contributed by atoms with Crippen LogP contribution in [0.2, 0.25) is 5.02 Å². The zero-order valence-corrected chi connectivity index (χ0v) is 11.6. The van der Waals surface area contributed by atoms with E-state index in [4.69, 9.17) is 11.6 Å². The Kier molecular flexibility index (Phi) is 4.60. The first-order valence-electron chi connectivity index (χ1n) is 6.56. The number of carbonyl (C=O) groups is 1. The molecule has 0 atom stereocenters. The summed E-state index contributed by atoms with van der Waals surface area (Å²) in [4.78, 5) is 11.8. The summed E-state index contributed by atoms with van der Waals surface area (Å²) in [5.74, 6) is -2.49. The van der Waals surface area contributed by atoms with Crippen LogP contribution in [0.4, 0.5) is 8.78 Å². The third-order valence-electron chi connectivity index (χ3n) is 3.62. The molecule has 2 N–H and O–H groups in total. The molecule has 110 valence electrons. The van der Waals surface area contributed by atoms with Gasteiger partial charge in [-0.25, -0.2) is 8.78 Å². The molecular weight excluding hydrogens is 288 g/mol. The van der Waals surface area contributed by atoms with E-state index in [1.807, 2.05) is 0 Å². The van der Waals surface area contributed by atoms with E-state index in [1.165, 1.54) is 0 Å². The van der Waals surface area contributed by atoms with Crippen molar-refractivity contribution in [3.8, 4) is 0 Å². The Morgan fingerprint density at radius 2 is 1.90 bits per heavy atom. The molecule has 0 unspecified atom stereocenters. The summed E-state index contributed by atoms with van der Waals surface area (Å²) >= 11 is 5.42. The third kappa shape index (κ3) is 3.46. The van der Waals surface area contributed by atoms with E-state index in [0.29, 0.717) is 12.8 Å². The molecule has 0 bridgehead atoms. The molecule has 0 spiro atoms. The average molecular weight is 304 g/mol. The Labute approximate surface area is 120 Å². The Bertz CT molecular complexity index is 516. The molecule has 1 saturated carbocycles. The Morgan fingerprint density at radius 1 is 1.25 bits per heavy atom. The highest BCUT2D eigenvalue weighted by atomic mass is 35.5. The molecule has 6 heteroatoms. The molecular formula is C14H16ClF2NO2. The topological polar surface area (TPSA) is 49.3 Å². The first kappa shape index (κ1) is 15.2. The predicted octanol–water partition coefficient (Wildman–Crippen LogP) is 3.04. The lowest BCUT2D eigenvalue weighted by atomic mass is 9.85. The summed E-state index contributed by atoms with van der Waals surface area (Å²) in [7, 11) is 0. The lowest BCUT2D eigenvalue weighted by Crippen LogP contribution is -2.44. The fourth-order valence-corrected chi connectivity index (χ4v) is 2.57. The monoisotopic (exact) mass is 303 g/mol. The molecule has 2 rings (SSSR count). The second-order valence-corrected chi connectivity index (χ2v) is 5.62. The van der Waals surface area contributed by atoms with Gasteiger partial charge in [0, 0.05) is 6.54 Å². The summed E-state index contributed by atoms with van der Waals surface area (Å²) in [6, 6.07) is 1.53. The van der Waals surface area contributed by atoms with Crippen molar-refractivity contribution in [3.63, 3.8) is 0 Å². The summed E-state index contributed by atoms with van der Waals surface area (Å²) in [5, 5.41) is 12.3. The smallest absolute Gasteiger partial charge is 0.254 e. The van der Waals surface area contributed by atoms with Crippen LogP contribution in [0.25, 0.3) is 0 Å². The minimum absolute atomic E-state index is 0.0372. The summed E-state index contributed by atoms with van der Waals surface area (Å²) in [5.41, 5.74) is -1.36. The third-order valence-corrected chi connectivity index (χ3v) is 3.91. The van der Waals surface area contributed by atoms with Gasteiger partial charge in [0.05, 0.1) is 16.2 Å². The van der Waals surface area contributed by atoms with Crippen LogP contribution >= 0.6 is 11.6 Å². The molecule has 1 amide bonds. The van der Waals surface area contributed by atoms with Crippen molar-refractivity contribution in [2.75, 3.05) is 6.54 Å². The normalized spacial score (nSPS) is 17.8. The van der Waals surface area contributed by atoms with Crippen LogP contribution < -0.4 is 5.32 Å². The van der Waals surface area contributed by atoms with Crippen LogP contribution in [-0.2, 0) is 0 Å². The molecule has 1 fully saturated rings. The van der Waals surface area contributed by atoms with Gasteiger partial charge in [-0.1, -0.05) is 30.9 Å². The van der Waals surface area contributed by atoms with Gasteiger partial charge in [0.2, 0.25) is 0 Å². The van der Waals surface area contributed by atoms with Crippen molar-refractivity contribution in [2.24, 2.45) is 0 Å². The minimum atomic E-state index is -0.949. The first-order chi connectivity index (χ1) is 9.41. The van der Waals surface area contributed by atoms with Crippen molar-refractivity contribution < 1.29 is 18.7 Å². The van der Waals surface area contributed by atoms with Gasteiger partial charge in [0.1, 0.15) is 11.6 Å². The number of halogens is 3. The zero-order chi connectivity index (χ0) is 14.8. The van der Waals surface area contributed by atoms with E-state index in [-0.39, 0.29) is 11.6 Å². The largest absolute Gasteiger partial charge is 0.388 e. The summed E-state index contributed by atoms with van der Waals surface area (Å²) < 4.78 is 26.8. The van der Waals surface area contributed by atoms with E-state index in [9.17, 15) is 18.7 Å². The Balaban J connectivity index is 2.03. The SMILES string of the molecule is O=C(NCC1(O)CCCCC1)c1cc(F)c(Cl)cc1F. The van der Waals surface area contributed by atoms with Crippen LogP contribution in [-0.4, -0.2) is 23.2 Å². The molecule has 0 aliphatic heterocycles. The standard InChI is InChI=1S/C14H16ClF2NO2/c15-10-7-11(16)9(6-12(10)17)13(19)18-8-14(20)4-2-1-3-5-14/h6-7,20H,1-5,8H2,(H,18,19). The van der Waals surface area contributed by atoms with Crippen LogP contribution in [0.15, 0.2) is 12.1 Å². The molecule has 3 nitrogen and oxygen atoms in total. The van der Waals surface area contributed by atoms with E-state index < -0.39 is 28.7 Å². The Morgan fingerprint density at radius 3 is 2.55 bits per heavy atom. The predicted molar refractivity (Wildman–Crippen MR) is 71.7 cm³/mol. The van der Waals surface area contributed by atoms with E-state index in [1.54, 1.807) is 0 Å². The van der Waals surface area contributed by atoms with Crippen molar-refractivity contribution in [1.82, 2.24) is 5.32 Å². The minimum Gasteiger partial charge on any atom is -0.388 e. The number of benzene rings is 1. The fraction of sp³-hybridized carbons (Fsp3) is 0.500. The second-order valence-electron chi connectivity index (χ2n) is 5.21. The molecule has 1 aromatic carbocycles. The van der Waals surface area contributed by atoms with Gasteiger partial charge in [-0.3, -0.25) is 4.79 Å². The maximum absolute atomic E-state index is 13.6. The van der Waals surface area contributed by atoms with Gasteiger partial charge in [-0.15, -0.1) is 0 Å². The quantitative estimate of drug-likeness (QED) is 0.843. The van der Waals surface area contributed by atoms with Crippen molar-refractivity contribution >= 4 is 17.5 Å². The maximum Gasteiger partial charge on any atom is 0.254 e. The highest BCUT2D eigenvalue weighted by Crippen LogP contribution is 2.27. The number of carbonyl (C=O) groups excluding carboxylic acids is 1. The number of amides is 1. The molecule has 0 aromatic heterocycles. The number of aliphatic hydroxyl groups is 1. The van der Waals surface area contributed by atoms with Gasteiger partial charge < -0.3 is 10.4 Å². The second kappa shape index (κ2) is 6.06. The van der Waals surface area contributed by atoms with Crippen LogP contribution in [0.1, 0.15) is 42.5 Å². The lowest BCUT2D eigenvalue weighted by molar-refractivity contribution is 0.00521. The molecule has 1 aromatic rings. The molecule has 0 radical (unpaired) electrons. The van der Waals surface area contributed by atoms with Crippen molar-refractivity contribution in [3.05, 3.63) is 34.4 Å². The fourth-order valence-electron chi connectivity index (χ4n) is 2.42. The summed E-state index contributed by atoms with van der Waals surface area (Å²) in [6.07, 6.45) is 4.06. The van der Waals surface area contributed by atoms with Crippen molar-refractivity contribution in [2.45, 2.75) is 37.7 Å². The molecule has 1 aliphatic rings. The van der Waals surface area contributed by atoms with E-state index in [2.05, 4.69) is 5.32 Å². The summed E-state index contributed by atoms with van der Waals surface area (Å²) in [6.45, 7) is 0.0372. The average Bonchev–Trinajstić information content (AvgIpc) is 2.41. The number of hydrogen-bond donors (Lipinski definition) is 2. The Hall–Kier alpha value is -1.20. The highest BCUT2D eigenvalue weighted by molar-refractivity contribution is 6.30. The molecule has 0 heterocycles. The lowest BCUT2D eigenvalue weighted by Gasteiger charge is -2.32. The number of hydrogen-bond acceptors (Lipinski definition) is 2. The molecule has 20 heavy (non-hydrogen) atoms. The van der Waals surface area contributed by atoms with Gasteiger partial charge in [-0.05, 0) is 25.0 Å². The van der Waals surface area contributed by atoms with E-state index in [0.717, 1.165) is 31.4 Å². The number of nitrogens with one attached hydrogen (secondary N) is 1. The van der Waals surface area contributed by atoms with Gasteiger partial charge in [0.15, 0.2) is 0 Å².